The Balaban J connectivity index is 1.50. The molecule has 150 valence electrons. The molecule has 3 rings (SSSR count). The Kier molecular flexibility index (Phi) is 7.00. The first-order valence-corrected chi connectivity index (χ1v) is 10.5. The normalized spacial score (nSPS) is 14.2. The number of aryl methyl sites for hydroxylation is 1. The average Bonchev–Trinajstić information content (AvgIpc) is 3.30. The van der Waals surface area contributed by atoms with Crippen LogP contribution in [0.1, 0.15) is 41.7 Å². The van der Waals surface area contributed by atoms with Crippen LogP contribution in [-0.2, 0) is 0 Å². The van der Waals surface area contributed by atoms with Crippen LogP contribution in [0.25, 0.3) is 10.4 Å². The summed E-state index contributed by atoms with van der Waals surface area (Å²) >= 11 is 1.42. The highest BCUT2D eigenvalue weighted by Crippen LogP contribution is 2.34. The van der Waals surface area contributed by atoms with Crippen molar-refractivity contribution >= 4 is 28.3 Å². The Morgan fingerprint density at radius 1 is 1.21 bits per heavy atom. The molecule has 0 spiro atoms. The molecule has 2 aromatic rings. The molecular weight excluding hydrogens is 372 g/mol. The van der Waals surface area contributed by atoms with Gasteiger partial charge in [0.25, 0.3) is 5.91 Å². The van der Waals surface area contributed by atoms with Crippen LogP contribution < -0.4 is 16.8 Å². The monoisotopic (exact) mass is 400 g/mol. The molecule has 1 aromatic heterocycles. The maximum absolute atomic E-state index is 12.3. The van der Waals surface area contributed by atoms with Crippen LogP contribution in [-0.4, -0.2) is 47.9 Å². The van der Waals surface area contributed by atoms with Crippen molar-refractivity contribution in [2.24, 2.45) is 16.5 Å². The number of hydrogen-bond donors (Lipinski definition) is 3. The Morgan fingerprint density at radius 2 is 1.93 bits per heavy atom. The molecule has 0 aliphatic carbocycles. The topological polar surface area (TPSA) is 110 Å². The fourth-order valence-corrected chi connectivity index (χ4v) is 4.32. The molecule has 1 aromatic carbocycles. The van der Waals surface area contributed by atoms with E-state index in [-0.39, 0.29) is 11.9 Å². The molecule has 7 nitrogen and oxygen atoms in total. The summed E-state index contributed by atoms with van der Waals surface area (Å²) in [5.41, 5.74) is 13.3. The van der Waals surface area contributed by atoms with Crippen molar-refractivity contribution in [1.29, 1.82) is 0 Å². The Bertz CT molecular complexity index is 820. The van der Waals surface area contributed by atoms with Gasteiger partial charge >= 0.3 is 0 Å². The highest BCUT2D eigenvalue weighted by atomic mass is 32.1. The van der Waals surface area contributed by atoms with Gasteiger partial charge in [0.2, 0.25) is 5.13 Å². The van der Waals surface area contributed by atoms with Crippen LogP contribution in [0.15, 0.2) is 29.3 Å². The molecule has 1 aliphatic rings. The number of nitrogens with one attached hydrogen (secondary N) is 1. The SMILES string of the molecule is Cc1nc(N=C(N)N)sc1-c1ccc(C(=O)NCCCCN2CCCC2)cc1. The van der Waals surface area contributed by atoms with E-state index >= 15 is 0 Å². The number of rotatable bonds is 8. The number of carbonyl (C=O) groups is 1. The van der Waals surface area contributed by atoms with Crippen LogP contribution in [0.2, 0.25) is 0 Å². The van der Waals surface area contributed by atoms with Gasteiger partial charge in [0.15, 0.2) is 5.96 Å². The summed E-state index contributed by atoms with van der Waals surface area (Å²) in [6.07, 6.45) is 4.78. The zero-order valence-electron chi connectivity index (χ0n) is 16.3. The number of aromatic nitrogens is 1. The summed E-state index contributed by atoms with van der Waals surface area (Å²) in [5, 5.41) is 3.54. The Morgan fingerprint density at radius 3 is 2.61 bits per heavy atom. The summed E-state index contributed by atoms with van der Waals surface area (Å²) in [6.45, 7) is 6.22. The maximum atomic E-state index is 12.3. The second-order valence-electron chi connectivity index (χ2n) is 7.04. The molecule has 1 amide bonds. The molecule has 5 N–H and O–H groups in total. The summed E-state index contributed by atoms with van der Waals surface area (Å²) in [4.78, 5) is 24.2. The summed E-state index contributed by atoms with van der Waals surface area (Å²) in [6, 6.07) is 7.55. The van der Waals surface area contributed by atoms with Crippen molar-refractivity contribution in [3.05, 3.63) is 35.5 Å². The fourth-order valence-electron chi connectivity index (χ4n) is 3.35. The minimum absolute atomic E-state index is 0.00671. The van der Waals surface area contributed by atoms with Gasteiger partial charge in [0.1, 0.15) is 0 Å². The van der Waals surface area contributed by atoms with Crippen LogP contribution in [0.5, 0.6) is 0 Å². The van der Waals surface area contributed by atoms with E-state index in [9.17, 15) is 4.79 Å². The highest BCUT2D eigenvalue weighted by Gasteiger charge is 2.12. The molecule has 1 aliphatic heterocycles. The van der Waals surface area contributed by atoms with Gasteiger partial charge in [-0.25, -0.2) is 4.98 Å². The van der Waals surface area contributed by atoms with E-state index in [4.69, 9.17) is 11.5 Å². The smallest absolute Gasteiger partial charge is 0.251 e. The molecule has 1 fully saturated rings. The molecule has 0 radical (unpaired) electrons. The van der Waals surface area contributed by atoms with E-state index in [1.165, 1.54) is 37.3 Å². The zero-order valence-corrected chi connectivity index (χ0v) is 17.1. The van der Waals surface area contributed by atoms with Crippen molar-refractivity contribution in [1.82, 2.24) is 15.2 Å². The number of aliphatic imine (C=N–C) groups is 1. The number of amides is 1. The molecule has 0 unspecified atom stereocenters. The van der Waals surface area contributed by atoms with Gasteiger partial charge in [-0.2, -0.15) is 4.99 Å². The largest absolute Gasteiger partial charge is 0.370 e. The van der Waals surface area contributed by atoms with E-state index < -0.39 is 0 Å². The molecule has 0 atom stereocenters. The number of unbranched alkanes of at least 4 members (excludes halogenated alkanes) is 1. The molecule has 1 saturated heterocycles. The third kappa shape index (κ3) is 5.53. The van der Waals surface area contributed by atoms with Gasteiger partial charge in [-0.1, -0.05) is 23.5 Å². The molecule has 0 saturated carbocycles. The predicted octanol–water partition coefficient (Wildman–Crippen LogP) is 2.63. The van der Waals surface area contributed by atoms with E-state index in [2.05, 4.69) is 20.2 Å². The Hall–Kier alpha value is -2.45. The van der Waals surface area contributed by atoms with E-state index in [1.54, 1.807) is 0 Å². The van der Waals surface area contributed by atoms with Crippen molar-refractivity contribution < 1.29 is 4.79 Å². The minimum Gasteiger partial charge on any atom is -0.370 e. The summed E-state index contributed by atoms with van der Waals surface area (Å²) in [5.74, 6) is -0.0392. The molecule has 8 heteroatoms. The Labute approximate surface area is 169 Å². The number of benzene rings is 1. The number of likely N-dealkylation sites (tertiary alicyclic amines) is 1. The zero-order chi connectivity index (χ0) is 19.9. The van der Waals surface area contributed by atoms with Crippen molar-refractivity contribution in [2.75, 3.05) is 26.2 Å². The van der Waals surface area contributed by atoms with Gasteiger partial charge in [-0.15, -0.1) is 0 Å². The van der Waals surface area contributed by atoms with Gasteiger partial charge in [0.05, 0.1) is 10.6 Å². The van der Waals surface area contributed by atoms with Gasteiger partial charge in [-0.3, -0.25) is 4.79 Å². The molecule has 2 heterocycles. The summed E-state index contributed by atoms with van der Waals surface area (Å²) in [7, 11) is 0. The van der Waals surface area contributed by atoms with E-state index in [0.29, 0.717) is 17.2 Å². The third-order valence-electron chi connectivity index (χ3n) is 4.80. The second-order valence-corrected chi connectivity index (χ2v) is 8.01. The lowest BCUT2D eigenvalue weighted by molar-refractivity contribution is 0.0952. The quantitative estimate of drug-likeness (QED) is 0.358. The lowest BCUT2D eigenvalue weighted by Crippen LogP contribution is -2.26. The van der Waals surface area contributed by atoms with Crippen molar-refractivity contribution in [3.63, 3.8) is 0 Å². The first kappa shape index (κ1) is 20.3. The van der Waals surface area contributed by atoms with E-state index in [1.807, 2.05) is 31.2 Å². The van der Waals surface area contributed by atoms with Crippen LogP contribution in [0.3, 0.4) is 0 Å². The fraction of sp³-hybridized carbons (Fsp3) is 0.450. The third-order valence-corrected chi connectivity index (χ3v) is 5.91. The standard InChI is InChI=1S/C20H28N6OS/c1-14-17(28-20(24-14)25-19(21)22)15-6-8-16(9-7-15)18(27)23-10-2-3-11-26-12-4-5-13-26/h6-9H,2-5,10-13H2,1H3,(H,23,27)(H4,21,22,24,25). The van der Waals surface area contributed by atoms with E-state index in [0.717, 1.165) is 35.5 Å². The maximum Gasteiger partial charge on any atom is 0.251 e. The minimum atomic E-state index is -0.0325. The predicted molar refractivity (Wildman–Crippen MR) is 115 cm³/mol. The van der Waals surface area contributed by atoms with Gasteiger partial charge in [0, 0.05) is 12.1 Å². The average molecular weight is 401 g/mol. The summed E-state index contributed by atoms with van der Waals surface area (Å²) < 4.78 is 0. The van der Waals surface area contributed by atoms with Crippen LogP contribution in [0.4, 0.5) is 5.13 Å². The molecule has 0 bridgehead atoms. The molecular formula is C20H28N6OS. The van der Waals surface area contributed by atoms with Gasteiger partial charge < -0.3 is 21.7 Å². The van der Waals surface area contributed by atoms with Crippen LogP contribution in [0, 0.1) is 6.92 Å². The van der Waals surface area contributed by atoms with Gasteiger partial charge in [-0.05, 0) is 69.9 Å². The first-order valence-electron chi connectivity index (χ1n) is 9.71. The highest BCUT2D eigenvalue weighted by molar-refractivity contribution is 7.18. The molecule has 28 heavy (non-hydrogen) atoms. The number of nitrogens with zero attached hydrogens (tertiary/aromatic N) is 3. The lowest BCUT2D eigenvalue weighted by atomic mass is 10.1. The second kappa shape index (κ2) is 9.66. The number of hydrogen-bond acceptors (Lipinski definition) is 5. The van der Waals surface area contributed by atoms with Crippen LogP contribution >= 0.6 is 11.3 Å². The number of guanidine groups is 1. The lowest BCUT2D eigenvalue weighted by Gasteiger charge is -2.14. The first-order chi connectivity index (χ1) is 13.5. The number of nitrogens with two attached hydrogens (primary N) is 2. The number of thiazole rings is 1. The van der Waals surface area contributed by atoms with Crippen molar-refractivity contribution in [3.8, 4) is 10.4 Å². The number of carbonyl (C=O) groups excluding carboxylic acids is 1. The van der Waals surface area contributed by atoms with Crippen molar-refractivity contribution in [2.45, 2.75) is 32.6 Å².